The average molecular weight is 308 g/mol. The van der Waals surface area contributed by atoms with Crippen molar-refractivity contribution in [3.63, 3.8) is 0 Å². The van der Waals surface area contributed by atoms with E-state index in [1.807, 2.05) is 18.5 Å². The van der Waals surface area contributed by atoms with Crippen LogP contribution in [0.15, 0.2) is 6.07 Å². The first kappa shape index (κ1) is 16.8. The second-order valence-electron chi connectivity index (χ2n) is 6.71. The lowest BCUT2D eigenvalue weighted by molar-refractivity contribution is 0.0501. The zero-order valence-electron chi connectivity index (χ0n) is 13.9. The van der Waals surface area contributed by atoms with Gasteiger partial charge in [-0.15, -0.1) is 0 Å². The number of carbonyl (C=O) groups excluding carboxylic acids is 1. The normalized spacial score (nSPS) is 18.2. The minimum Gasteiger partial charge on any atom is -0.388 e. The van der Waals surface area contributed by atoms with Crippen LogP contribution in [0.25, 0.3) is 0 Å². The summed E-state index contributed by atoms with van der Waals surface area (Å²) in [4.78, 5) is 11.8. The SMILES string of the molecule is Cc1cc(C)n(CC(C)CNC(=O)NCC2(O)CCCC2)n1. The molecule has 2 amide bonds. The van der Waals surface area contributed by atoms with Gasteiger partial charge in [-0.05, 0) is 38.7 Å². The van der Waals surface area contributed by atoms with Gasteiger partial charge in [0, 0.05) is 25.3 Å². The molecule has 1 aromatic rings. The van der Waals surface area contributed by atoms with Crippen LogP contribution in [0, 0.1) is 19.8 Å². The number of hydrogen-bond acceptors (Lipinski definition) is 3. The van der Waals surface area contributed by atoms with Gasteiger partial charge in [0.05, 0.1) is 11.3 Å². The van der Waals surface area contributed by atoms with E-state index in [4.69, 9.17) is 0 Å². The highest BCUT2D eigenvalue weighted by atomic mass is 16.3. The molecule has 1 atom stereocenters. The van der Waals surface area contributed by atoms with Gasteiger partial charge in [0.2, 0.25) is 0 Å². The van der Waals surface area contributed by atoms with E-state index in [-0.39, 0.29) is 6.03 Å². The maximum Gasteiger partial charge on any atom is 0.314 e. The molecule has 6 nitrogen and oxygen atoms in total. The molecule has 2 rings (SSSR count). The second-order valence-corrected chi connectivity index (χ2v) is 6.71. The van der Waals surface area contributed by atoms with E-state index in [0.717, 1.165) is 43.6 Å². The summed E-state index contributed by atoms with van der Waals surface area (Å²) in [5, 5.41) is 20.3. The van der Waals surface area contributed by atoms with E-state index >= 15 is 0 Å². The van der Waals surface area contributed by atoms with Crippen LogP contribution in [0.2, 0.25) is 0 Å². The Balaban J connectivity index is 1.68. The van der Waals surface area contributed by atoms with Crippen molar-refractivity contribution in [3.8, 4) is 0 Å². The van der Waals surface area contributed by atoms with Crippen molar-refractivity contribution >= 4 is 6.03 Å². The van der Waals surface area contributed by atoms with Crippen molar-refractivity contribution in [3.05, 3.63) is 17.5 Å². The largest absolute Gasteiger partial charge is 0.388 e. The number of aromatic nitrogens is 2. The molecule has 22 heavy (non-hydrogen) atoms. The Hall–Kier alpha value is -1.56. The van der Waals surface area contributed by atoms with E-state index in [9.17, 15) is 9.90 Å². The lowest BCUT2D eigenvalue weighted by Gasteiger charge is -2.22. The van der Waals surface area contributed by atoms with Gasteiger partial charge in [0.1, 0.15) is 0 Å². The fourth-order valence-electron chi connectivity index (χ4n) is 3.00. The maximum atomic E-state index is 11.8. The summed E-state index contributed by atoms with van der Waals surface area (Å²) in [5.74, 6) is 0.290. The first-order valence-electron chi connectivity index (χ1n) is 8.13. The maximum absolute atomic E-state index is 11.8. The number of aryl methyl sites for hydroxylation is 2. The topological polar surface area (TPSA) is 79.2 Å². The summed E-state index contributed by atoms with van der Waals surface area (Å²) in [6, 6.07) is 1.84. The molecular formula is C16H28N4O2. The lowest BCUT2D eigenvalue weighted by Crippen LogP contribution is -2.46. The number of carbonyl (C=O) groups is 1. The van der Waals surface area contributed by atoms with Crippen molar-refractivity contribution in [2.45, 2.75) is 58.6 Å². The number of urea groups is 1. The van der Waals surface area contributed by atoms with Gasteiger partial charge < -0.3 is 15.7 Å². The summed E-state index contributed by atoms with van der Waals surface area (Å²) < 4.78 is 1.97. The van der Waals surface area contributed by atoms with Crippen molar-refractivity contribution in [1.82, 2.24) is 20.4 Å². The molecule has 1 saturated carbocycles. The second kappa shape index (κ2) is 7.13. The predicted octanol–water partition coefficient (Wildman–Crippen LogP) is 1.74. The Morgan fingerprint density at radius 2 is 2.09 bits per heavy atom. The fourth-order valence-corrected chi connectivity index (χ4v) is 3.00. The van der Waals surface area contributed by atoms with Gasteiger partial charge in [-0.25, -0.2) is 4.79 Å². The van der Waals surface area contributed by atoms with Crippen LogP contribution in [0.1, 0.15) is 44.0 Å². The number of nitrogens with zero attached hydrogens (tertiary/aromatic N) is 2. The number of amides is 2. The summed E-state index contributed by atoms with van der Waals surface area (Å²) in [7, 11) is 0. The predicted molar refractivity (Wildman–Crippen MR) is 85.7 cm³/mol. The Labute approximate surface area is 132 Å². The summed E-state index contributed by atoms with van der Waals surface area (Å²) in [6.45, 7) is 7.81. The Kier molecular flexibility index (Phi) is 5.45. The first-order chi connectivity index (χ1) is 10.4. The third kappa shape index (κ3) is 4.73. The van der Waals surface area contributed by atoms with Crippen LogP contribution >= 0.6 is 0 Å². The molecule has 1 heterocycles. The van der Waals surface area contributed by atoms with Gasteiger partial charge in [-0.2, -0.15) is 5.10 Å². The number of aliphatic hydroxyl groups is 1. The van der Waals surface area contributed by atoms with Crippen LogP contribution in [-0.4, -0.2) is 39.6 Å². The molecule has 0 bridgehead atoms. The average Bonchev–Trinajstić information content (AvgIpc) is 3.01. The van der Waals surface area contributed by atoms with Gasteiger partial charge in [0.25, 0.3) is 0 Å². The van der Waals surface area contributed by atoms with Crippen molar-refractivity contribution in [2.24, 2.45) is 5.92 Å². The number of rotatable bonds is 6. The molecule has 0 aromatic carbocycles. The first-order valence-corrected chi connectivity index (χ1v) is 8.13. The summed E-state index contributed by atoms with van der Waals surface area (Å²) in [5.41, 5.74) is 1.45. The Bertz CT molecular complexity index is 506. The molecule has 1 fully saturated rings. The summed E-state index contributed by atoms with van der Waals surface area (Å²) >= 11 is 0. The molecule has 0 aliphatic heterocycles. The third-order valence-corrected chi connectivity index (χ3v) is 4.31. The van der Waals surface area contributed by atoms with Gasteiger partial charge in [-0.3, -0.25) is 4.68 Å². The van der Waals surface area contributed by atoms with E-state index in [2.05, 4.69) is 28.7 Å². The van der Waals surface area contributed by atoms with Crippen LogP contribution < -0.4 is 10.6 Å². The number of nitrogens with one attached hydrogen (secondary N) is 2. The highest BCUT2D eigenvalue weighted by molar-refractivity contribution is 5.73. The summed E-state index contributed by atoms with van der Waals surface area (Å²) in [6.07, 6.45) is 3.64. The monoisotopic (exact) mass is 308 g/mol. The van der Waals surface area contributed by atoms with E-state index < -0.39 is 5.60 Å². The zero-order valence-corrected chi connectivity index (χ0v) is 13.9. The minimum atomic E-state index is -0.702. The Morgan fingerprint density at radius 1 is 1.41 bits per heavy atom. The number of hydrogen-bond donors (Lipinski definition) is 3. The third-order valence-electron chi connectivity index (χ3n) is 4.31. The molecule has 124 valence electrons. The van der Waals surface area contributed by atoms with Crippen LogP contribution in [-0.2, 0) is 6.54 Å². The van der Waals surface area contributed by atoms with Crippen LogP contribution in [0.4, 0.5) is 4.79 Å². The molecular weight excluding hydrogens is 280 g/mol. The molecule has 0 spiro atoms. The van der Waals surface area contributed by atoms with E-state index in [1.54, 1.807) is 0 Å². The highest BCUT2D eigenvalue weighted by Gasteiger charge is 2.31. The molecule has 0 saturated heterocycles. The zero-order chi connectivity index (χ0) is 16.2. The van der Waals surface area contributed by atoms with Gasteiger partial charge >= 0.3 is 6.03 Å². The quantitative estimate of drug-likeness (QED) is 0.749. The van der Waals surface area contributed by atoms with Crippen LogP contribution in [0.3, 0.4) is 0 Å². The molecule has 0 radical (unpaired) electrons. The van der Waals surface area contributed by atoms with Crippen LogP contribution in [0.5, 0.6) is 0 Å². The lowest BCUT2D eigenvalue weighted by atomic mass is 10.0. The minimum absolute atomic E-state index is 0.208. The fraction of sp³-hybridized carbons (Fsp3) is 0.750. The molecule has 3 N–H and O–H groups in total. The van der Waals surface area contributed by atoms with Gasteiger partial charge in [-0.1, -0.05) is 19.8 Å². The van der Waals surface area contributed by atoms with Crippen molar-refractivity contribution in [1.29, 1.82) is 0 Å². The highest BCUT2D eigenvalue weighted by Crippen LogP contribution is 2.28. The van der Waals surface area contributed by atoms with E-state index in [1.165, 1.54) is 0 Å². The molecule has 1 unspecified atom stereocenters. The van der Waals surface area contributed by atoms with Gasteiger partial charge in [0.15, 0.2) is 0 Å². The standard InChI is InChI=1S/C16H28N4O2/c1-12(10-20-14(3)8-13(2)19-20)9-17-15(21)18-11-16(22)6-4-5-7-16/h8,12,22H,4-7,9-11H2,1-3H3,(H2,17,18,21). The molecule has 1 aliphatic rings. The smallest absolute Gasteiger partial charge is 0.314 e. The van der Waals surface area contributed by atoms with Crippen molar-refractivity contribution < 1.29 is 9.90 Å². The molecule has 1 aromatic heterocycles. The Morgan fingerprint density at radius 3 is 2.68 bits per heavy atom. The van der Waals surface area contributed by atoms with Crippen molar-refractivity contribution in [2.75, 3.05) is 13.1 Å². The molecule has 1 aliphatic carbocycles. The van der Waals surface area contributed by atoms with E-state index in [0.29, 0.717) is 19.0 Å². The molecule has 6 heteroatoms.